The molecule has 0 nitrogen and oxygen atoms in total. The number of rotatable bonds is 1. The Hall–Kier alpha value is -0.440. The molecule has 0 aliphatic carbocycles. The minimum absolute atomic E-state index is 0.0544. The van der Waals surface area contributed by atoms with Crippen LogP contribution in [0.2, 0.25) is 0 Å². The van der Waals surface area contributed by atoms with Gasteiger partial charge in [-0.1, -0.05) is 15.9 Å². The first-order valence-corrected chi connectivity index (χ1v) is 3.77. The first kappa shape index (κ1) is 7.66. The lowest BCUT2D eigenvalue weighted by Crippen LogP contribution is -1.90. The summed E-state index contributed by atoms with van der Waals surface area (Å²) in [6.45, 7) is 0. The van der Waals surface area contributed by atoms with Gasteiger partial charge in [0.05, 0.1) is 0 Å². The van der Waals surface area contributed by atoms with E-state index in [4.69, 9.17) is 0 Å². The average Bonchev–Trinajstić information content (AvgIpc) is 1.88. The Morgan fingerprint density at radius 2 is 1.80 bits per heavy atom. The van der Waals surface area contributed by atoms with Gasteiger partial charge >= 0.3 is 0 Å². The van der Waals surface area contributed by atoms with Crippen LogP contribution in [0.4, 0.5) is 8.78 Å². The van der Waals surface area contributed by atoms with Crippen molar-refractivity contribution in [3.05, 3.63) is 35.4 Å². The lowest BCUT2D eigenvalue weighted by Gasteiger charge is -1.97. The third kappa shape index (κ3) is 1.34. The SMILES string of the molecule is Fc1c[c]cc(F)c1CBr. The monoisotopic (exact) mass is 205 g/mol. The standard InChI is InChI=1S/C7H4BrF2/c8-4-5-6(9)2-1-3-7(5)10/h2-3H,4H2. The van der Waals surface area contributed by atoms with Crippen molar-refractivity contribution in [1.82, 2.24) is 0 Å². The van der Waals surface area contributed by atoms with Crippen LogP contribution in [0.25, 0.3) is 0 Å². The molecule has 0 unspecified atom stereocenters. The molecule has 0 aliphatic heterocycles. The normalized spacial score (nSPS) is 9.90. The van der Waals surface area contributed by atoms with Crippen molar-refractivity contribution < 1.29 is 8.78 Å². The molecule has 0 amide bonds. The van der Waals surface area contributed by atoms with E-state index in [1.54, 1.807) is 0 Å². The third-order valence-corrected chi connectivity index (χ3v) is 1.69. The topological polar surface area (TPSA) is 0 Å². The van der Waals surface area contributed by atoms with Gasteiger partial charge in [-0.15, -0.1) is 0 Å². The van der Waals surface area contributed by atoms with E-state index in [9.17, 15) is 8.78 Å². The Balaban J connectivity index is 3.17. The zero-order valence-corrected chi connectivity index (χ0v) is 6.58. The molecule has 0 bridgehead atoms. The summed E-state index contributed by atoms with van der Waals surface area (Å²) in [6, 6.07) is 4.55. The zero-order chi connectivity index (χ0) is 7.56. The van der Waals surface area contributed by atoms with Crippen molar-refractivity contribution >= 4 is 15.9 Å². The number of alkyl halides is 1. The summed E-state index contributed by atoms with van der Waals surface area (Å²) in [7, 11) is 0. The lowest BCUT2D eigenvalue weighted by atomic mass is 10.2. The number of hydrogen-bond acceptors (Lipinski definition) is 0. The van der Waals surface area contributed by atoms with Crippen LogP contribution in [-0.4, -0.2) is 0 Å². The number of hydrogen-bond donors (Lipinski definition) is 0. The van der Waals surface area contributed by atoms with Crippen molar-refractivity contribution in [2.75, 3.05) is 0 Å². The highest BCUT2D eigenvalue weighted by Gasteiger charge is 2.04. The van der Waals surface area contributed by atoms with Crippen LogP contribution in [0.3, 0.4) is 0 Å². The molecule has 0 atom stereocenters. The highest BCUT2D eigenvalue weighted by Crippen LogP contribution is 2.14. The molecule has 3 heteroatoms. The Labute approximate surface area is 66.0 Å². The Morgan fingerprint density at radius 3 is 2.10 bits per heavy atom. The van der Waals surface area contributed by atoms with E-state index < -0.39 is 11.6 Å². The fourth-order valence-electron chi connectivity index (χ4n) is 0.604. The van der Waals surface area contributed by atoms with Gasteiger partial charge in [-0.3, -0.25) is 0 Å². The third-order valence-electron chi connectivity index (χ3n) is 1.13. The van der Waals surface area contributed by atoms with E-state index in [0.717, 1.165) is 12.1 Å². The first-order valence-electron chi connectivity index (χ1n) is 2.65. The second-order valence-corrected chi connectivity index (χ2v) is 2.32. The molecule has 0 heterocycles. The van der Waals surface area contributed by atoms with Crippen LogP contribution in [0.15, 0.2) is 12.1 Å². The van der Waals surface area contributed by atoms with Crippen LogP contribution in [0.1, 0.15) is 5.56 Å². The second kappa shape index (κ2) is 3.10. The van der Waals surface area contributed by atoms with Crippen molar-refractivity contribution in [2.45, 2.75) is 5.33 Å². The van der Waals surface area contributed by atoms with Gasteiger partial charge in [-0.2, -0.15) is 0 Å². The van der Waals surface area contributed by atoms with Gasteiger partial charge in [0.2, 0.25) is 0 Å². The molecule has 1 rings (SSSR count). The summed E-state index contributed by atoms with van der Waals surface area (Å²) in [4.78, 5) is 0. The molecule has 0 fully saturated rings. The zero-order valence-electron chi connectivity index (χ0n) is 5.00. The van der Waals surface area contributed by atoms with Crippen LogP contribution in [-0.2, 0) is 5.33 Å². The summed E-state index contributed by atoms with van der Waals surface area (Å²) in [5, 5.41) is 0.194. The maximum absolute atomic E-state index is 12.5. The minimum Gasteiger partial charge on any atom is -0.207 e. The summed E-state index contributed by atoms with van der Waals surface area (Å²) in [5.74, 6) is -1.12. The Kier molecular flexibility index (Phi) is 2.38. The number of benzene rings is 1. The predicted molar refractivity (Wildman–Crippen MR) is 37.8 cm³/mol. The molecular weight excluding hydrogens is 202 g/mol. The van der Waals surface area contributed by atoms with Gasteiger partial charge in [0.15, 0.2) is 0 Å². The largest absolute Gasteiger partial charge is 0.207 e. The number of halogens is 3. The maximum Gasteiger partial charge on any atom is 0.130 e. The van der Waals surface area contributed by atoms with Gasteiger partial charge < -0.3 is 0 Å². The highest BCUT2D eigenvalue weighted by molar-refractivity contribution is 9.08. The fourth-order valence-corrected chi connectivity index (χ4v) is 1.14. The van der Waals surface area contributed by atoms with E-state index in [1.165, 1.54) is 0 Å². The van der Waals surface area contributed by atoms with Crippen LogP contribution in [0.5, 0.6) is 0 Å². The predicted octanol–water partition coefficient (Wildman–Crippen LogP) is 2.66. The van der Waals surface area contributed by atoms with Crippen molar-refractivity contribution in [2.24, 2.45) is 0 Å². The van der Waals surface area contributed by atoms with Gasteiger partial charge in [0.1, 0.15) is 11.6 Å². The molecule has 0 saturated carbocycles. The molecule has 0 spiro atoms. The van der Waals surface area contributed by atoms with Crippen molar-refractivity contribution in [1.29, 1.82) is 0 Å². The molecule has 0 N–H and O–H groups in total. The lowest BCUT2D eigenvalue weighted by molar-refractivity contribution is 0.566. The van der Waals surface area contributed by atoms with E-state index in [2.05, 4.69) is 22.0 Å². The molecule has 1 radical (unpaired) electrons. The summed E-state index contributed by atoms with van der Waals surface area (Å²) in [6.07, 6.45) is 0. The first-order chi connectivity index (χ1) is 4.75. The molecule has 0 aliphatic rings. The fraction of sp³-hybridized carbons (Fsp3) is 0.143. The molecule has 10 heavy (non-hydrogen) atoms. The smallest absolute Gasteiger partial charge is 0.130 e. The van der Waals surface area contributed by atoms with Crippen LogP contribution < -0.4 is 0 Å². The summed E-state index contributed by atoms with van der Waals surface area (Å²) >= 11 is 2.97. The molecule has 53 valence electrons. The average molecular weight is 206 g/mol. The molecule has 0 aromatic heterocycles. The molecule has 1 aromatic rings. The van der Waals surface area contributed by atoms with E-state index >= 15 is 0 Å². The summed E-state index contributed by atoms with van der Waals surface area (Å²) < 4.78 is 25.1. The Morgan fingerprint density at radius 1 is 1.30 bits per heavy atom. The van der Waals surface area contributed by atoms with Gasteiger partial charge in [-0.05, 0) is 18.2 Å². The van der Waals surface area contributed by atoms with Gasteiger partial charge in [-0.25, -0.2) is 8.78 Å². The molecular formula is C7H4BrF2. The Bertz CT molecular complexity index is 215. The van der Waals surface area contributed by atoms with Crippen LogP contribution >= 0.6 is 15.9 Å². The maximum atomic E-state index is 12.5. The van der Waals surface area contributed by atoms with Crippen molar-refractivity contribution in [3.8, 4) is 0 Å². The quantitative estimate of drug-likeness (QED) is 0.619. The highest BCUT2D eigenvalue weighted by atomic mass is 79.9. The van der Waals surface area contributed by atoms with E-state index in [0.29, 0.717) is 0 Å². The van der Waals surface area contributed by atoms with Crippen LogP contribution in [0, 0.1) is 17.7 Å². The van der Waals surface area contributed by atoms with E-state index in [-0.39, 0.29) is 10.9 Å². The minimum atomic E-state index is -0.558. The molecule has 0 saturated heterocycles. The molecule has 1 aromatic carbocycles. The summed E-state index contributed by atoms with van der Waals surface area (Å²) in [5.41, 5.74) is 0.0544. The van der Waals surface area contributed by atoms with Gasteiger partial charge in [0, 0.05) is 10.9 Å². The van der Waals surface area contributed by atoms with Crippen molar-refractivity contribution in [3.63, 3.8) is 0 Å². The second-order valence-electron chi connectivity index (χ2n) is 1.76. The van der Waals surface area contributed by atoms with Gasteiger partial charge in [0.25, 0.3) is 0 Å². The van der Waals surface area contributed by atoms with E-state index in [1.807, 2.05) is 0 Å².